The average molecular weight is 900 g/mol. The van der Waals surface area contributed by atoms with E-state index >= 15 is 0 Å². The zero-order valence-corrected chi connectivity index (χ0v) is 42.7. The Kier molecular flexibility index (Phi) is 28.8. The molecule has 0 saturated heterocycles. The number of carbonyl (C=O) groups is 3. The summed E-state index contributed by atoms with van der Waals surface area (Å²) in [6, 6.07) is 0. The lowest BCUT2D eigenvalue weighted by Gasteiger charge is -2.38. The predicted octanol–water partition coefficient (Wildman–Crippen LogP) is 13.5. The third kappa shape index (κ3) is 22.7. The molecule has 9 nitrogen and oxygen atoms in total. The fourth-order valence-corrected chi connectivity index (χ4v) is 9.34. The minimum atomic E-state index is -1.50. The van der Waals surface area contributed by atoms with Crippen LogP contribution in [0.5, 0.6) is 11.5 Å². The number of esters is 2. The van der Waals surface area contributed by atoms with Crippen molar-refractivity contribution in [3.05, 3.63) is 22.3 Å². The van der Waals surface area contributed by atoms with Crippen molar-refractivity contribution >= 4 is 17.8 Å². The Morgan fingerprint density at radius 1 is 0.656 bits per heavy atom. The van der Waals surface area contributed by atoms with Gasteiger partial charge in [-0.2, -0.15) is 0 Å². The second-order valence-corrected chi connectivity index (χ2v) is 20.9. The summed E-state index contributed by atoms with van der Waals surface area (Å²) in [5.74, 6) is 2.23. The van der Waals surface area contributed by atoms with Crippen molar-refractivity contribution in [2.24, 2.45) is 17.8 Å². The molecular formula is C55H97NO8. The summed E-state index contributed by atoms with van der Waals surface area (Å²) in [4.78, 5) is 38.6. The van der Waals surface area contributed by atoms with Crippen LogP contribution in [-0.2, 0) is 25.5 Å². The molecule has 0 radical (unpaired) electrons. The molecule has 0 spiro atoms. The number of carbonyl (C=O) groups excluding carboxylic acids is 3. The quantitative estimate of drug-likeness (QED) is 0.0342. The van der Waals surface area contributed by atoms with Crippen molar-refractivity contribution < 1.29 is 38.8 Å². The highest BCUT2D eigenvalue weighted by molar-refractivity contribution is 5.80. The molecule has 1 aromatic rings. The summed E-state index contributed by atoms with van der Waals surface area (Å²) in [7, 11) is 0. The van der Waals surface area contributed by atoms with Gasteiger partial charge in [0.1, 0.15) is 29.2 Å². The van der Waals surface area contributed by atoms with Gasteiger partial charge in [-0.3, -0.25) is 14.4 Å². The zero-order valence-electron chi connectivity index (χ0n) is 42.7. The molecule has 370 valence electrons. The van der Waals surface area contributed by atoms with Crippen molar-refractivity contribution in [2.75, 3.05) is 19.8 Å². The summed E-state index contributed by atoms with van der Waals surface area (Å²) in [6.45, 7) is 18.3. The maximum absolute atomic E-state index is 13.1. The van der Waals surface area contributed by atoms with Crippen molar-refractivity contribution in [3.8, 4) is 11.5 Å². The molecule has 0 aliphatic carbocycles. The molecule has 0 aromatic heterocycles. The van der Waals surface area contributed by atoms with Crippen molar-refractivity contribution in [1.29, 1.82) is 0 Å². The van der Waals surface area contributed by atoms with Crippen LogP contribution >= 0.6 is 0 Å². The van der Waals surface area contributed by atoms with Gasteiger partial charge in [0.05, 0.1) is 26.1 Å². The van der Waals surface area contributed by atoms with Gasteiger partial charge in [-0.25, -0.2) is 0 Å². The molecule has 1 amide bonds. The fraction of sp³-hybridized carbons (Fsp3) is 0.836. The molecule has 0 bridgehead atoms. The first-order valence-electron chi connectivity index (χ1n) is 26.3. The normalized spacial score (nSPS) is 16.0. The van der Waals surface area contributed by atoms with Gasteiger partial charge in [-0.1, -0.05) is 169 Å². The van der Waals surface area contributed by atoms with Crippen LogP contribution in [0.15, 0.2) is 0 Å². The smallest absolute Gasteiger partial charge is 0.311 e. The first-order chi connectivity index (χ1) is 30.6. The molecule has 1 heterocycles. The van der Waals surface area contributed by atoms with E-state index in [1.54, 1.807) is 0 Å². The van der Waals surface area contributed by atoms with Gasteiger partial charge in [0.25, 0.3) is 0 Å². The topological polar surface area (TPSA) is 131 Å². The number of benzene rings is 1. The van der Waals surface area contributed by atoms with E-state index in [1.165, 1.54) is 122 Å². The molecule has 3 atom stereocenters. The number of rotatable bonds is 37. The summed E-state index contributed by atoms with van der Waals surface area (Å²) in [6.07, 6.45) is 31.5. The Bertz CT molecular complexity index is 1470. The zero-order chi connectivity index (χ0) is 47.4. The van der Waals surface area contributed by atoms with Gasteiger partial charge >= 0.3 is 11.9 Å². The predicted molar refractivity (Wildman–Crippen MR) is 263 cm³/mol. The Hall–Kier alpha value is -2.65. The molecule has 3 unspecified atom stereocenters. The summed E-state index contributed by atoms with van der Waals surface area (Å²) in [5.41, 5.74) is 2.04. The van der Waals surface area contributed by atoms with E-state index in [0.29, 0.717) is 18.1 Å². The van der Waals surface area contributed by atoms with Crippen LogP contribution in [-0.4, -0.2) is 59.0 Å². The molecule has 9 heteroatoms. The number of amides is 1. The van der Waals surface area contributed by atoms with Gasteiger partial charge < -0.3 is 29.7 Å². The minimum absolute atomic E-state index is 0.199. The lowest BCUT2D eigenvalue weighted by molar-refractivity contribution is -0.151. The number of aliphatic hydroxyl groups excluding tert-OH is 2. The molecule has 1 aromatic carbocycles. The van der Waals surface area contributed by atoms with E-state index in [-0.39, 0.29) is 30.8 Å². The maximum Gasteiger partial charge on any atom is 0.311 e. The number of hydrogen-bond acceptors (Lipinski definition) is 8. The molecule has 2 rings (SSSR count). The second kappa shape index (κ2) is 32.1. The third-order valence-electron chi connectivity index (χ3n) is 14.1. The van der Waals surface area contributed by atoms with E-state index in [1.807, 2.05) is 20.8 Å². The molecular weight excluding hydrogens is 803 g/mol. The van der Waals surface area contributed by atoms with Crippen molar-refractivity contribution in [2.45, 2.75) is 260 Å². The summed E-state index contributed by atoms with van der Waals surface area (Å²) < 4.78 is 18.1. The van der Waals surface area contributed by atoms with E-state index < -0.39 is 37.3 Å². The molecule has 1 aliphatic rings. The molecule has 64 heavy (non-hydrogen) atoms. The number of fused-ring (bicyclic) bond motifs is 1. The molecule has 3 N–H and O–H groups in total. The highest BCUT2D eigenvalue weighted by Crippen LogP contribution is 2.45. The van der Waals surface area contributed by atoms with Crippen molar-refractivity contribution in [1.82, 2.24) is 5.32 Å². The lowest BCUT2D eigenvalue weighted by Crippen LogP contribution is -2.57. The number of unbranched alkanes of at least 4 members (excludes halogenated alkanes) is 14. The van der Waals surface area contributed by atoms with E-state index in [0.717, 1.165) is 78.4 Å². The van der Waals surface area contributed by atoms with Crippen LogP contribution in [0.4, 0.5) is 0 Å². The minimum Gasteiger partial charge on any atom is -0.487 e. The third-order valence-corrected chi connectivity index (χ3v) is 14.1. The summed E-state index contributed by atoms with van der Waals surface area (Å²) >= 11 is 0. The monoisotopic (exact) mass is 900 g/mol. The van der Waals surface area contributed by atoms with Crippen LogP contribution in [0.2, 0.25) is 0 Å². The van der Waals surface area contributed by atoms with E-state index in [2.05, 4.69) is 46.9 Å². The van der Waals surface area contributed by atoms with Crippen LogP contribution < -0.4 is 14.8 Å². The molecule has 0 saturated carbocycles. The number of ether oxygens (including phenoxy) is 3. The standard InChI is InChI=1S/C55H97NO8/c1-10-11-12-13-14-15-16-17-18-19-20-21-22-23-24-33-49(59)56-55(39-57,40-58)41-62-50(60)34-35-51(61)63-52-45(6)46(7)53-48(47(52)8)36-38-54(9,64-53)37-27-32-44(5)31-26-30-43(4)29-25-28-42(2)3/h42-44,57-58H,10-41H2,1-9H3,(H,56,59). The van der Waals surface area contributed by atoms with Crippen LogP contribution in [0.1, 0.15) is 244 Å². The molecule has 1 aliphatic heterocycles. The largest absolute Gasteiger partial charge is 0.487 e. The highest BCUT2D eigenvalue weighted by Gasteiger charge is 2.35. The van der Waals surface area contributed by atoms with Gasteiger partial charge in [0.2, 0.25) is 5.91 Å². The Balaban J connectivity index is 1.72. The van der Waals surface area contributed by atoms with Gasteiger partial charge in [-0.15, -0.1) is 0 Å². The number of hydrogen-bond donors (Lipinski definition) is 3. The Morgan fingerprint density at radius 2 is 1.16 bits per heavy atom. The average Bonchev–Trinajstić information content (AvgIpc) is 3.26. The van der Waals surface area contributed by atoms with Crippen molar-refractivity contribution in [3.63, 3.8) is 0 Å². The Labute approximate surface area is 391 Å². The first-order valence-corrected chi connectivity index (χ1v) is 26.3. The van der Waals surface area contributed by atoms with E-state index in [4.69, 9.17) is 14.2 Å². The number of nitrogens with one attached hydrogen (secondary N) is 1. The first kappa shape index (κ1) is 57.5. The van der Waals surface area contributed by atoms with Gasteiger partial charge in [-0.05, 0) is 94.2 Å². The van der Waals surface area contributed by atoms with Crippen LogP contribution in [0.3, 0.4) is 0 Å². The maximum atomic E-state index is 13.1. The summed E-state index contributed by atoms with van der Waals surface area (Å²) in [5, 5.41) is 22.9. The second-order valence-electron chi connectivity index (χ2n) is 20.9. The highest BCUT2D eigenvalue weighted by atomic mass is 16.5. The number of aliphatic hydroxyl groups is 2. The fourth-order valence-electron chi connectivity index (χ4n) is 9.34. The molecule has 0 fully saturated rings. The van der Waals surface area contributed by atoms with Gasteiger partial charge in [0, 0.05) is 12.0 Å². The Morgan fingerprint density at radius 3 is 1.69 bits per heavy atom. The SMILES string of the molecule is CCCCCCCCCCCCCCCCCC(=O)NC(CO)(CO)COC(=O)CCC(=O)Oc1c(C)c(C)c2c(c1C)CCC(C)(CCCC(C)CCCC(C)CCCC(C)C)O2. The van der Waals surface area contributed by atoms with E-state index in [9.17, 15) is 24.6 Å². The van der Waals surface area contributed by atoms with Crippen LogP contribution in [0, 0.1) is 38.5 Å². The van der Waals surface area contributed by atoms with Gasteiger partial charge in [0.15, 0.2) is 0 Å². The lowest BCUT2D eigenvalue weighted by atomic mass is 9.83. The van der Waals surface area contributed by atoms with Crippen LogP contribution in [0.25, 0.3) is 0 Å².